The Hall–Kier alpha value is -3.02. The third kappa shape index (κ3) is 3.55. The fourth-order valence-corrected chi connectivity index (χ4v) is 4.31. The Morgan fingerprint density at radius 1 is 1.21 bits per heavy atom. The van der Waals surface area contributed by atoms with Crippen LogP contribution in [0.25, 0.3) is 0 Å². The highest BCUT2D eigenvalue weighted by Gasteiger charge is 2.33. The monoisotopic (exact) mass is 393 g/mol. The molecule has 152 valence electrons. The molecule has 0 aliphatic carbocycles. The summed E-state index contributed by atoms with van der Waals surface area (Å²) < 4.78 is 5.52. The van der Waals surface area contributed by atoms with Gasteiger partial charge in [-0.05, 0) is 50.5 Å². The normalized spacial score (nSPS) is 19.3. The fourth-order valence-electron chi connectivity index (χ4n) is 4.31. The van der Waals surface area contributed by atoms with Crippen molar-refractivity contribution in [2.24, 2.45) is 0 Å². The van der Waals surface area contributed by atoms with Gasteiger partial charge in [0.2, 0.25) is 11.8 Å². The molecule has 1 saturated heterocycles. The predicted molar refractivity (Wildman–Crippen MR) is 115 cm³/mol. The zero-order valence-electron chi connectivity index (χ0n) is 17.1. The van der Waals surface area contributed by atoms with Gasteiger partial charge in [0.1, 0.15) is 11.8 Å². The van der Waals surface area contributed by atoms with Crippen LogP contribution in [0.3, 0.4) is 0 Å². The molecule has 29 heavy (non-hydrogen) atoms. The second kappa shape index (κ2) is 7.78. The van der Waals surface area contributed by atoms with E-state index in [1.165, 1.54) is 5.56 Å². The number of anilines is 3. The van der Waals surface area contributed by atoms with Gasteiger partial charge in [0.15, 0.2) is 0 Å². The van der Waals surface area contributed by atoms with E-state index in [-0.39, 0.29) is 17.9 Å². The Morgan fingerprint density at radius 3 is 2.72 bits per heavy atom. The minimum Gasteiger partial charge on any atom is -0.494 e. The molecule has 1 fully saturated rings. The summed E-state index contributed by atoms with van der Waals surface area (Å²) in [6, 6.07) is 13.5. The van der Waals surface area contributed by atoms with Crippen molar-refractivity contribution in [2.45, 2.75) is 45.2 Å². The van der Waals surface area contributed by atoms with E-state index in [9.17, 15) is 9.59 Å². The standard InChI is InChI=1S/C23H27N3O3/c1-15-13-17-7-4-5-8-19(17)26(15)23(28)16(2)24-18-10-11-20(21(14-18)29-3)25-12-6-9-22(25)27/h4-5,7-8,10-11,14-16,24H,6,9,12-13H2,1-3H3/t15-,16+/m1/s1. The molecule has 1 N–H and O–H groups in total. The minimum absolute atomic E-state index is 0.0419. The summed E-state index contributed by atoms with van der Waals surface area (Å²) in [5.74, 6) is 0.791. The smallest absolute Gasteiger partial charge is 0.249 e. The van der Waals surface area contributed by atoms with E-state index in [2.05, 4.69) is 18.3 Å². The Kier molecular flexibility index (Phi) is 5.18. The van der Waals surface area contributed by atoms with E-state index in [1.807, 2.05) is 48.2 Å². The number of amides is 2. The van der Waals surface area contributed by atoms with Crippen molar-refractivity contribution in [3.63, 3.8) is 0 Å². The number of hydrogen-bond donors (Lipinski definition) is 1. The quantitative estimate of drug-likeness (QED) is 0.843. The molecule has 2 aromatic carbocycles. The molecular formula is C23H27N3O3. The number of benzene rings is 2. The first-order chi connectivity index (χ1) is 14.0. The molecule has 2 aliphatic heterocycles. The third-order valence-corrected chi connectivity index (χ3v) is 5.74. The zero-order valence-corrected chi connectivity index (χ0v) is 17.1. The Labute approximate surface area is 171 Å². The van der Waals surface area contributed by atoms with Crippen LogP contribution in [-0.4, -0.2) is 37.6 Å². The second-order valence-corrected chi connectivity index (χ2v) is 7.79. The van der Waals surface area contributed by atoms with Crippen LogP contribution >= 0.6 is 0 Å². The number of para-hydroxylation sites is 1. The zero-order chi connectivity index (χ0) is 20.5. The molecule has 2 aliphatic rings. The van der Waals surface area contributed by atoms with Crippen molar-refractivity contribution in [3.8, 4) is 5.75 Å². The molecule has 0 aromatic heterocycles. The first-order valence-corrected chi connectivity index (χ1v) is 10.2. The summed E-state index contributed by atoms with van der Waals surface area (Å²) in [5, 5.41) is 3.30. The number of nitrogens with one attached hydrogen (secondary N) is 1. The minimum atomic E-state index is -0.396. The van der Waals surface area contributed by atoms with E-state index >= 15 is 0 Å². The van der Waals surface area contributed by atoms with Gasteiger partial charge in [0.25, 0.3) is 0 Å². The topological polar surface area (TPSA) is 61.9 Å². The van der Waals surface area contributed by atoms with Gasteiger partial charge in [-0.25, -0.2) is 0 Å². The molecule has 0 saturated carbocycles. The van der Waals surface area contributed by atoms with E-state index in [4.69, 9.17) is 4.74 Å². The van der Waals surface area contributed by atoms with Gasteiger partial charge in [0, 0.05) is 36.4 Å². The van der Waals surface area contributed by atoms with Crippen LogP contribution < -0.4 is 19.9 Å². The van der Waals surface area contributed by atoms with Crippen LogP contribution in [0.4, 0.5) is 17.1 Å². The molecule has 6 heteroatoms. The molecule has 4 rings (SSSR count). The maximum Gasteiger partial charge on any atom is 0.249 e. The van der Waals surface area contributed by atoms with Crippen LogP contribution in [0.1, 0.15) is 32.3 Å². The maximum atomic E-state index is 13.2. The average Bonchev–Trinajstić information content (AvgIpc) is 3.29. The van der Waals surface area contributed by atoms with Crippen LogP contribution in [0.15, 0.2) is 42.5 Å². The first kappa shape index (κ1) is 19.3. The lowest BCUT2D eigenvalue weighted by atomic mass is 10.1. The molecule has 2 amide bonds. The highest BCUT2D eigenvalue weighted by Crippen LogP contribution is 2.35. The summed E-state index contributed by atoms with van der Waals surface area (Å²) in [7, 11) is 1.60. The maximum absolute atomic E-state index is 13.2. The number of carbonyl (C=O) groups is 2. The molecule has 0 unspecified atom stereocenters. The number of hydrogen-bond acceptors (Lipinski definition) is 4. The van der Waals surface area contributed by atoms with Gasteiger partial charge in [-0.1, -0.05) is 18.2 Å². The summed E-state index contributed by atoms with van der Waals surface area (Å²) in [5.41, 5.74) is 3.78. The van der Waals surface area contributed by atoms with Crippen LogP contribution in [0.2, 0.25) is 0 Å². The summed E-state index contributed by atoms with van der Waals surface area (Å²) in [6.45, 7) is 4.67. The van der Waals surface area contributed by atoms with Crippen LogP contribution in [-0.2, 0) is 16.0 Å². The Bertz CT molecular complexity index is 943. The van der Waals surface area contributed by atoms with Crippen molar-refractivity contribution in [2.75, 3.05) is 28.8 Å². The molecule has 2 heterocycles. The highest BCUT2D eigenvalue weighted by molar-refractivity contribution is 6.01. The number of carbonyl (C=O) groups excluding carboxylic acids is 2. The predicted octanol–water partition coefficient (Wildman–Crippen LogP) is 3.60. The second-order valence-electron chi connectivity index (χ2n) is 7.79. The van der Waals surface area contributed by atoms with Crippen molar-refractivity contribution in [3.05, 3.63) is 48.0 Å². The van der Waals surface area contributed by atoms with E-state index < -0.39 is 6.04 Å². The number of nitrogens with zero attached hydrogens (tertiary/aromatic N) is 2. The van der Waals surface area contributed by atoms with E-state index in [0.717, 1.165) is 29.9 Å². The van der Waals surface area contributed by atoms with E-state index in [0.29, 0.717) is 18.7 Å². The lowest BCUT2D eigenvalue weighted by molar-refractivity contribution is -0.119. The molecule has 2 atom stereocenters. The molecule has 6 nitrogen and oxygen atoms in total. The van der Waals surface area contributed by atoms with Gasteiger partial charge in [0.05, 0.1) is 12.8 Å². The lowest BCUT2D eigenvalue weighted by Gasteiger charge is -2.27. The first-order valence-electron chi connectivity index (χ1n) is 10.2. The van der Waals surface area contributed by atoms with Crippen LogP contribution in [0.5, 0.6) is 5.75 Å². The molecule has 0 radical (unpaired) electrons. The van der Waals surface area contributed by atoms with Gasteiger partial charge < -0.3 is 19.9 Å². The third-order valence-electron chi connectivity index (χ3n) is 5.74. The van der Waals surface area contributed by atoms with Crippen molar-refractivity contribution < 1.29 is 14.3 Å². The fraction of sp³-hybridized carbons (Fsp3) is 0.391. The Balaban J connectivity index is 1.52. The highest BCUT2D eigenvalue weighted by atomic mass is 16.5. The van der Waals surface area contributed by atoms with E-state index in [1.54, 1.807) is 12.0 Å². The molecular weight excluding hydrogens is 366 g/mol. The summed E-state index contributed by atoms with van der Waals surface area (Å²) in [6.07, 6.45) is 2.31. The van der Waals surface area contributed by atoms with Gasteiger partial charge in [-0.3, -0.25) is 9.59 Å². The summed E-state index contributed by atoms with van der Waals surface area (Å²) >= 11 is 0. The number of rotatable bonds is 5. The number of fused-ring (bicyclic) bond motifs is 1. The van der Waals surface area contributed by atoms with Crippen molar-refractivity contribution in [1.29, 1.82) is 0 Å². The van der Waals surface area contributed by atoms with Crippen molar-refractivity contribution in [1.82, 2.24) is 0 Å². The number of methoxy groups -OCH3 is 1. The van der Waals surface area contributed by atoms with Crippen LogP contribution in [0, 0.1) is 0 Å². The summed E-state index contributed by atoms with van der Waals surface area (Å²) in [4.78, 5) is 28.9. The largest absolute Gasteiger partial charge is 0.494 e. The SMILES string of the molecule is COc1cc(N[C@@H](C)C(=O)N2c3ccccc3C[C@H]2C)ccc1N1CCCC1=O. The average molecular weight is 393 g/mol. The van der Waals surface area contributed by atoms with Crippen molar-refractivity contribution >= 4 is 28.9 Å². The molecule has 0 spiro atoms. The number of ether oxygens (including phenoxy) is 1. The lowest BCUT2D eigenvalue weighted by Crippen LogP contribution is -2.44. The Morgan fingerprint density at radius 2 is 2.00 bits per heavy atom. The van der Waals surface area contributed by atoms with Gasteiger partial charge in [-0.15, -0.1) is 0 Å². The van der Waals surface area contributed by atoms with Gasteiger partial charge >= 0.3 is 0 Å². The van der Waals surface area contributed by atoms with Gasteiger partial charge in [-0.2, -0.15) is 0 Å². The molecule has 2 aromatic rings. The molecule has 0 bridgehead atoms.